The van der Waals surface area contributed by atoms with Crippen LogP contribution in [0.3, 0.4) is 0 Å². The number of amides is 2. The smallest absolute Gasteiger partial charge is 0.294 e. The fourth-order valence-corrected chi connectivity index (χ4v) is 3.48. The Kier molecular flexibility index (Phi) is 5.25. The molecule has 30 heavy (non-hydrogen) atoms. The first-order valence-corrected chi connectivity index (χ1v) is 9.45. The molecule has 3 aromatic rings. The van der Waals surface area contributed by atoms with Gasteiger partial charge in [-0.3, -0.25) is 19.7 Å². The quantitative estimate of drug-likeness (QED) is 0.490. The van der Waals surface area contributed by atoms with Crippen LogP contribution < -0.4 is 0 Å². The van der Waals surface area contributed by atoms with Crippen LogP contribution in [-0.2, 0) is 0 Å². The van der Waals surface area contributed by atoms with Crippen molar-refractivity contribution in [2.45, 2.75) is 0 Å². The van der Waals surface area contributed by atoms with Gasteiger partial charge in [0.25, 0.3) is 17.5 Å². The lowest BCUT2D eigenvalue weighted by molar-refractivity contribution is -0.384. The molecule has 9 nitrogen and oxygen atoms in total. The highest BCUT2D eigenvalue weighted by Crippen LogP contribution is 2.25. The second-order valence-corrected chi connectivity index (χ2v) is 6.88. The van der Waals surface area contributed by atoms with E-state index < -0.39 is 4.92 Å². The maximum Gasteiger partial charge on any atom is 0.294 e. The topological polar surface area (TPSA) is 102 Å². The molecule has 0 unspecified atom stereocenters. The zero-order valence-electron chi connectivity index (χ0n) is 16.0. The molecule has 1 aliphatic rings. The second kappa shape index (κ2) is 8.16. The predicted octanol–water partition coefficient (Wildman–Crippen LogP) is 2.38. The van der Waals surface area contributed by atoms with E-state index in [1.54, 1.807) is 40.3 Å². The van der Waals surface area contributed by atoms with Crippen molar-refractivity contribution in [3.8, 4) is 5.69 Å². The molecule has 0 spiro atoms. The monoisotopic (exact) mass is 405 g/mol. The number of imidazole rings is 1. The Hall–Kier alpha value is -4.01. The molecule has 1 aliphatic heterocycles. The summed E-state index contributed by atoms with van der Waals surface area (Å²) in [6.45, 7) is 1.56. The number of nitro groups is 1. The number of benzene rings is 2. The van der Waals surface area contributed by atoms with E-state index in [0.717, 1.165) is 0 Å². The van der Waals surface area contributed by atoms with Gasteiger partial charge in [0.15, 0.2) is 0 Å². The Morgan fingerprint density at radius 3 is 2.10 bits per heavy atom. The minimum Gasteiger partial charge on any atom is -0.335 e. The summed E-state index contributed by atoms with van der Waals surface area (Å²) in [5.74, 6) is -0.356. The third-order valence-corrected chi connectivity index (χ3v) is 5.08. The van der Waals surface area contributed by atoms with Crippen molar-refractivity contribution < 1.29 is 14.5 Å². The number of hydrogen-bond donors (Lipinski definition) is 0. The predicted molar refractivity (Wildman–Crippen MR) is 108 cm³/mol. The van der Waals surface area contributed by atoms with Crippen molar-refractivity contribution in [3.63, 3.8) is 0 Å². The van der Waals surface area contributed by atoms with Crippen molar-refractivity contribution in [1.82, 2.24) is 19.4 Å². The summed E-state index contributed by atoms with van der Waals surface area (Å²) in [7, 11) is 0. The van der Waals surface area contributed by atoms with E-state index in [4.69, 9.17) is 0 Å². The molecule has 0 saturated carbocycles. The van der Waals surface area contributed by atoms with Crippen LogP contribution in [0.4, 0.5) is 5.69 Å². The lowest BCUT2D eigenvalue weighted by atomic mass is 10.1. The van der Waals surface area contributed by atoms with Crippen LogP contribution in [-0.4, -0.2) is 62.3 Å². The molecule has 152 valence electrons. The Bertz CT molecular complexity index is 1070. The summed E-state index contributed by atoms with van der Waals surface area (Å²) in [5.41, 5.74) is 1.03. The summed E-state index contributed by atoms with van der Waals surface area (Å²) < 4.78 is 1.53. The molecule has 1 fully saturated rings. The highest BCUT2D eigenvalue weighted by atomic mass is 16.6. The summed E-state index contributed by atoms with van der Waals surface area (Å²) in [6, 6.07) is 13.4. The van der Waals surface area contributed by atoms with Crippen molar-refractivity contribution in [1.29, 1.82) is 0 Å². The first-order chi connectivity index (χ1) is 14.5. The minimum atomic E-state index is -0.511. The molecule has 2 amide bonds. The zero-order chi connectivity index (χ0) is 21.1. The van der Waals surface area contributed by atoms with Gasteiger partial charge in [0.1, 0.15) is 5.69 Å². The van der Waals surface area contributed by atoms with E-state index in [1.807, 2.05) is 18.2 Å². The number of carbonyl (C=O) groups excluding carboxylic acids is 2. The van der Waals surface area contributed by atoms with Gasteiger partial charge in [-0.25, -0.2) is 4.98 Å². The summed E-state index contributed by atoms with van der Waals surface area (Å²) in [4.78, 5) is 43.7. The first kappa shape index (κ1) is 19.3. The lowest BCUT2D eigenvalue weighted by Gasteiger charge is -2.34. The Balaban J connectivity index is 1.47. The average Bonchev–Trinajstić information content (AvgIpc) is 3.33. The van der Waals surface area contributed by atoms with Gasteiger partial charge in [0.2, 0.25) is 0 Å². The molecule has 4 rings (SSSR count). The largest absolute Gasteiger partial charge is 0.335 e. The van der Waals surface area contributed by atoms with Crippen LogP contribution in [0.5, 0.6) is 0 Å². The Morgan fingerprint density at radius 2 is 1.53 bits per heavy atom. The lowest BCUT2D eigenvalue weighted by Crippen LogP contribution is -2.50. The fourth-order valence-electron chi connectivity index (χ4n) is 3.48. The van der Waals surface area contributed by atoms with Gasteiger partial charge in [0.05, 0.1) is 11.3 Å². The van der Waals surface area contributed by atoms with Crippen LogP contribution in [0.1, 0.15) is 20.7 Å². The minimum absolute atomic E-state index is 0.0666. The summed E-state index contributed by atoms with van der Waals surface area (Å²) in [6.07, 6.45) is 4.60. The molecule has 2 heterocycles. The van der Waals surface area contributed by atoms with E-state index in [0.29, 0.717) is 37.4 Å². The molecule has 1 aromatic heterocycles. The average molecular weight is 405 g/mol. The molecule has 0 aliphatic carbocycles. The number of rotatable bonds is 4. The van der Waals surface area contributed by atoms with Gasteiger partial charge >= 0.3 is 0 Å². The summed E-state index contributed by atoms with van der Waals surface area (Å²) in [5, 5.41) is 11.5. The maximum atomic E-state index is 12.9. The van der Waals surface area contributed by atoms with E-state index in [1.165, 1.54) is 23.2 Å². The number of nitro benzene ring substituents is 1. The van der Waals surface area contributed by atoms with E-state index in [2.05, 4.69) is 4.98 Å². The van der Waals surface area contributed by atoms with Gasteiger partial charge in [-0.05, 0) is 24.3 Å². The van der Waals surface area contributed by atoms with Crippen molar-refractivity contribution in [3.05, 3.63) is 88.5 Å². The molecule has 9 heteroatoms. The standard InChI is InChI=1S/C21H19N5O4/c27-20(16-4-2-1-3-5-16)23-10-12-24(13-11-23)21(28)17-6-7-18(19(14-17)26(29)30)25-9-8-22-15-25/h1-9,14-15H,10-13H2. The molecule has 0 atom stereocenters. The zero-order valence-corrected chi connectivity index (χ0v) is 16.0. The number of nitrogens with zero attached hydrogens (tertiary/aromatic N) is 5. The van der Waals surface area contributed by atoms with Crippen molar-refractivity contribution in [2.75, 3.05) is 26.2 Å². The van der Waals surface area contributed by atoms with Crippen molar-refractivity contribution in [2.24, 2.45) is 0 Å². The van der Waals surface area contributed by atoms with Crippen LogP contribution >= 0.6 is 0 Å². The first-order valence-electron chi connectivity index (χ1n) is 9.45. The SMILES string of the molecule is O=C(c1ccccc1)N1CCN(C(=O)c2ccc(-n3ccnc3)c([N+](=O)[O-])c2)CC1. The van der Waals surface area contributed by atoms with E-state index in [9.17, 15) is 19.7 Å². The Morgan fingerprint density at radius 1 is 0.900 bits per heavy atom. The van der Waals surface area contributed by atoms with Gasteiger partial charge in [-0.2, -0.15) is 0 Å². The normalized spacial score (nSPS) is 13.9. The van der Waals surface area contributed by atoms with E-state index >= 15 is 0 Å². The van der Waals surface area contributed by atoms with Crippen LogP contribution in [0.15, 0.2) is 67.3 Å². The molecule has 0 bridgehead atoms. The number of aromatic nitrogens is 2. The van der Waals surface area contributed by atoms with E-state index in [-0.39, 0.29) is 23.1 Å². The highest BCUT2D eigenvalue weighted by molar-refractivity contribution is 5.96. The molecule has 1 saturated heterocycles. The second-order valence-electron chi connectivity index (χ2n) is 6.88. The molecule has 0 N–H and O–H groups in total. The third kappa shape index (κ3) is 3.77. The summed E-state index contributed by atoms with van der Waals surface area (Å²) >= 11 is 0. The van der Waals surface area contributed by atoms with Gasteiger partial charge in [-0.15, -0.1) is 0 Å². The molecule has 2 aromatic carbocycles. The number of piperazine rings is 1. The number of carbonyl (C=O) groups is 2. The molecular formula is C21H19N5O4. The molecular weight excluding hydrogens is 386 g/mol. The van der Waals surface area contributed by atoms with Crippen molar-refractivity contribution >= 4 is 17.5 Å². The van der Waals surface area contributed by atoms with Crippen LogP contribution in [0.25, 0.3) is 5.69 Å². The Labute approximate surface area is 172 Å². The van der Waals surface area contributed by atoms with Gasteiger partial charge < -0.3 is 14.4 Å². The van der Waals surface area contributed by atoms with Gasteiger partial charge in [-0.1, -0.05) is 18.2 Å². The van der Waals surface area contributed by atoms with Crippen LogP contribution in [0, 0.1) is 10.1 Å². The fraction of sp³-hybridized carbons (Fsp3) is 0.190. The maximum absolute atomic E-state index is 12.9. The third-order valence-electron chi connectivity index (χ3n) is 5.08. The van der Waals surface area contributed by atoms with Crippen LogP contribution in [0.2, 0.25) is 0 Å². The highest BCUT2D eigenvalue weighted by Gasteiger charge is 2.27. The number of hydrogen-bond acceptors (Lipinski definition) is 5. The van der Waals surface area contributed by atoms with Gasteiger partial charge in [0, 0.05) is 55.8 Å². The molecule has 0 radical (unpaired) electrons.